The molecule has 0 bridgehead atoms. The van der Waals surface area contributed by atoms with E-state index in [1.165, 1.54) is 0 Å². The zero-order valence-electron chi connectivity index (χ0n) is 12.4. The van der Waals surface area contributed by atoms with Crippen molar-refractivity contribution in [3.8, 4) is 0 Å². The van der Waals surface area contributed by atoms with E-state index in [2.05, 4.69) is 9.80 Å². The summed E-state index contributed by atoms with van der Waals surface area (Å²) in [6.45, 7) is 2.34. The number of hydrogen-bond acceptors (Lipinski definition) is 4. The Kier molecular flexibility index (Phi) is 5.57. The maximum Gasteiger partial charge on any atom is 0.104 e. The average Bonchev–Trinajstić information content (AvgIpc) is 2.70. The third kappa shape index (κ3) is 4.37. The molecule has 1 aromatic carbocycles. The van der Waals surface area contributed by atoms with Gasteiger partial charge in [-0.05, 0) is 32.1 Å². The van der Waals surface area contributed by atoms with E-state index >= 15 is 0 Å². The monoisotopic (exact) mass is 327 g/mol. The average molecular weight is 328 g/mol. The molecule has 1 saturated heterocycles. The van der Waals surface area contributed by atoms with Crippen LogP contribution in [0.2, 0.25) is 5.02 Å². The lowest BCUT2D eigenvalue weighted by atomic mass is 10.1. The van der Waals surface area contributed by atoms with E-state index in [-0.39, 0.29) is 6.10 Å². The third-order valence-electron chi connectivity index (χ3n) is 3.79. The van der Waals surface area contributed by atoms with Gasteiger partial charge in [0.1, 0.15) is 4.99 Å². The van der Waals surface area contributed by atoms with Gasteiger partial charge in [-0.1, -0.05) is 36.0 Å². The second kappa shape index (κ2) is 7.03. The summed E-state index contributed by atoms with van der Waals surface area (Å²) in [5.74, 6) is 0. The second-order valence-electron chi connectivity index (χ2n) is 5.91. The van der Waals surface area contributed by atoms with Gasteiger partial charge in [-0.25, -0.2) is 0 Å². The molecule has 0 aromatic heterocycles. The molecule has 3 N–H and O–H groups in total. The molecule has 1 fully saturated rings. The lowest BCUT2D eigenvalue weighted by molar-refractivity contribution is 0.169. The highest BCUT2D eigenvalue weighted by molar-refractivity contribution is 7.80. The van der Waals surface area contributed by atoms with Crippen molar-refractivity contribution in [1.82, 2.24) is 9.80 Å². The Morgan fingerprint density at radius 3 is 2.81 bits per heavy atom. The molecule has 1 aliphatic heterocycles. The number of thiocarbonyl (C=S) groups is 1. The van der Waals surface area contributed by atoms with Crippen LogP contribution in [0.25, 0.3) is 0 Å². The van der Waals surface area contributed by atoms with Gasteiger partial charge in [0.2, 0.25) is 0 Å². The Labute approximate surface area is 136 Å². The standard InChI is InChI=1S/C15H22ClN3OS/c1-18(2)8-12-6-13(20)9-19(12)7-11-4-3-10(15(17)21)5-14(11)16/h3-5,12-13,20H,6-9H2,1-2H3,(H2,17,21). The van der Waals surface area contributed by atoms with Gasteiger partial charge >= 0.3 is 0 Å². The zero-order chi connectivity index (χ0) is 15.6. The number of benzene rings is 1. The van der Waals surface area contributed by atoms with E-state index in [9.17, 15) is 5.11 Å². The summed E-state index contributed by atoms with van der Waals surface area (Å²) in [6, 6.07) is 6.03. The van der Waals surface area contributed by atoms with Gasteiger partial charge in [-0.3, -0.25) is 4.90 Å². The SMILES string of the molecule is CN(C)CC1CC(O)CN1Cc1ccc(C(N)=S)cc1Cl. The summed E-state index contributed by atoms with van der Waals surface area (Å²) in [7, 11) is 4.10. The smallest absolute Gasteiger partial charge is 0.104 e. The highest BCUT2D eigenvalue weighted by atomic mass is 35.5. The summed E-state index contributed by atoms with van der Waals surface area (Å²) in [5.41, 5.74) is 7.43. The van der Waals surface area contributed by atoms with Crippen LogP contribution >= 0.6 is 23.8 Å². The fraction of sp³-hybridized carbons (Fsp3) is 0.533. The van der Waals surface area contributed by atoms with Crippen molar-refractivity contribution in [2.45, 2.75) is 25.1 Å². The number of nitrogens with two attached hydrogens (primary N) is 1. The van der Waals surface area contributed by atoms with E-state index in [0.29, 0.717) is 22.6 Å². The first-order valence-corrected chi connectivity index (χ1v) is 7.80. The topological polar surface area (TPSA) is 52.7 Å². The number of likely N-dealkylation sites (tertiary alicyclic amines) is 1. The molecule has 2 unspecified atom stereocenters. The summed E-state index contributed by atoms with van der Waals surface area (Å²) in [6.07, 6.45) is 0.547. The lowest BCUT2D eigenvalue weighted by Crippen LogP contribution is -2.37. The lowest BCUT2D eigenvalue weighted by Gasteiger charge is -2.27. The van der Waals surface area contributed by atoms with Crippen LogP contribution in [0.3, 0.4) is 0 Å². The van der Waals surface area contributed by atoms with Crippen molar-refractivity contribution < 1.29 is 5.11 Å². The quantitative estimate of drug-likeness (QED) is 0.802. The number of rotatable bonds is 5. The highest BCUT2D eigenvalue weighted by Crippen LogP contribution is 2.25. The highest BCUT2D eigenvalue weighted by Gasteiger charge is 2.31. The Morgan fingerprint density at radius 2 is 2.24 bits per heavy atom. The molecule has 0 saturated carbocycles. The molecule has 21 heavy (non-hydrogen) atoms. The molecule has 2 rings (SSSR count). The van der Waals surface area contributed by atoms with Crippen LogP contribution in [0.5, 0.6) is 0 Å². The Balaban J connectivity index is 2.11. The van der Waals surface area contributed by atoms with Gasteiger partial charge in [0.05, 0.1) is 6.10 Å². The maximum absolute atomic E-state index is 9.92. The molecule has 0 radical (unpaired) electrons. The summed E-state index contributed by atoms with van der Waals surface area (Å²) in [5, 5.41) is 10.6. The molecule has 0 amide bonds. The second-order valence-corrected chi connectivity index (χ2v) is 6.75. The molecule has 1 heterocycles. The fourth-order valence-corrected chi connectivity index (χ4v) is 3.18. The molecular weight excluding hydrogens is 306 g/mol. The molecule has 0 aliphatic carbocycles. The van der Waals surface area contributed by atoms with Gasteiger partial charge in [0.15, 0.2) is 0 Å². The number of β-amino-alcohol motifs (C(OH)–C–C–N with tert-alkyl or cyclic N) is 1. The number of likely N-dealkylation sites (N-methyl/N-ethyl adjacent to an activating group) is 1. The summed E-state index contributed by atoms with van der Waals surface area (Å²) < 4.78 is 0. The zero-order valence-corrected chi connectivity index (χ0v) is 14.0. The van der Waals surface area contributed by atoms with Crippen LogP contribution in [0.4, 0.5) is 0 Å². The van der Waals surface area contributed by atoms with E-state index in [0.717, 1.165) is 30.6 Å². The first-order chi connectivity index (χ1) is 9.86. The normalized spacial score (nSPS) is 22.9. The Morgan fingerprint density at radius 1 is 1.52 bits per heavy atom. The van der Waals surface area contributed by atoms with Crippen molar-refractivity contribution in [2.24, 2.45) is 5.73 Å². The Bertz CT molecular complexity index is 524. The summed E-state index contributed by atoms with van der Waals surface area (Å²) >= 11 is 11.3. The molecule has 6 heteroatoms. The number of aliphatic hydroxyl groups excluding tert-OH is 1. The predicted octanol–water partition coefficient (Wildman–Crippen LogP) is 1.47. The molecule has 2 atom stereocenters. The van der Waals surface area contributed by atoms with Gasteiger partial charge in [0.25, 0.3) is 0 Å². The van der Waals surface area contributed by atoms with Crippen molar-refractivity contribution in [2.75, 3.05) is 27.2 Å². The molecule has 1 aromatic rings. The minimum absolute atomic E-state index is 0.260. The van der Waals surface area contributed by atoms with Crippen LogP contribution in [-0.4, -0.2) is 59.2 Å². The van der Waals surface area contributed by atoms with Crippen molar-refractivity contribution in [3.63, 3.8) is 0 Å². The van der Waals surface area contributed by atoms with Gasteiger partial charge < -0.3 is 15.7 Å². The van der Waals surface area contributed by atoms with E-state index in [4.69, 9.17) is 29.6 Å². The van der Waals surface area contributed by atoms with Crippen LogP contribution in [0.15, 0.2) is 18.2 Å². The van der Waals surface area contributed by atoms with Crippen LogP contribution < -0.4 is 5.73 Å². The number of hydrogen-bond donors (Lipinski definition) is 2. The molecule has 1 aliphatic rings. The molecular formula is C15H22ClN3OS. The first-order valence-electron chi connectivity index (χ1n) is 7.02. The number of nitrogens with zero attached hydrogens (tertiary/aromatic N) is 2. The van der Waals surface area contributed by atoms with Crippen molar-refractivity contribution in [1.29, 1.82) is 0 Å². The van der Waals surface area contributed by atoms with Gasteiger partial charge in [0, 0.05) is 36.3 Å². The summed E-state index contributed by atoms with van der Waals surface area (Å²) in [4.78, 5) is 4.78. The third-order valence-corrected chi connectivity index (χ3v) is 4.38. The van der Waals surface area contributed by atoms with E-state index in [1.54, 1.807) is 0 Å². The first kappa shape index (κ1) is 16.6. The van der Waals surface area contributed by atoms with Gasteiger partial charge in [-0.15, -0.1) is 0 Å². The largest absolute Gasteiger partial charge is 0.392 e. The van der Waals surface area contributed by atoms with Crippen LogP contribution in [-0.2, 0) is 6.54 Å². The molecule has 0 spiro atoms. The van der Waals surface area contributed by atoms with E-state index < -0.39 is 0 Å². The molecule has 4 nitrogen and oxygen atoms in total. The molecule has 116 valence electrons. The van der Waals surface area contributed by atoms with Crippen LogP contribution in [0.1, 0.15) is 17.5 Å². The maximum atomic E-state index is 9.92. The van der Waals surface area contributed by atoms with Crippen LogP contribution in [0, 0.1) is 0 Å². The minimum Gasteiger partial charge on any atom is -0.392 e. The van der Waals surface area contributed by atoms with E-state index in [1.807, 2.05) is 32.3 Å². The minimum atomic E-state index is -0.260. The fourth-order valence-electron chi connectivity index (χ4n) is 2.81. The Hall–Kier alpha value is -0.720. The van der Waals surface area contributed by atoms with Crippen molar-refractivity contribution in [3.05, 3.63) is 34.3 Å². The van der Waals surface area contributed by atoms with Gasteiger partial charge in [-0.2, -0.15) is 0 Å². The number of halogens is 1. The van der Waals surface area contributed by atoms with Crippen molar-refractivity contribution >= 4 is 28.8 Å². The predicted molar refractivity (Wildman–Crippen MR) is 90.7 cm³/mol. The number of aliphatic hydroxyl groups is 1.